The van der Waals surface area contributed by atoms with Gasteiger partial charge in [-0.15, -0.1) is 0 Å². The Morgan fingerprint density at radius 1 is 1.00 bits per heavy atom. The topological polar surface area (TPSA) is 70.0 Å². The number of ether oxygens (including phenoxy) is 1. The molecule has 0 saturated heterocycles. The molecule has 1 amide bonds. The van der Waals surface area contributed by atoms with E-state index >= 15 is 0 Å². The van der Waals surface area contributed by atoms with Gasteiger partial charge in [0.2, 0.25) is 0 Å². The van der Waals surface area contributed by atoms with Crippen LogP contribution in [0.2, 0.25) is 0 Å². The van der Waals surface area contributed by atoms with E-state index in [9.17, 15) is 15.0 Å². The van der Waals surface area contributed by atoms with Gasteiger partial charge in [0.05, 0.1) is 12.1 Å². The second kappa shape index (κ2) is 7.27. The Kier molecular flexibility index (Phi) is 4.65. The van der Waals surface area contributed by atoms with Crippen molar-refractivity contribution < 1.29 is 19.7 Å². The van der Waals surface area contributed by atoms with Gasteiger partial charge in [0, 0.05) is 12.1 Å². The standard InChI is InChI=1S/C23H21NO4/c1-15-6-2-3-7-18(15)16-12-17-14-24(10-11-28-22(17)21(26)13-16)23(27)19-8-4-5-9-20(19)25/h2-9,12-13,25-26H,10-11,14H2,1H3. The lowest BCUT2D eigenvalue weighted by molar-refractivity contribution is 0.0730. The number of hydrogen-bond donors (Lipinski definition) is 2. The molecule has 2 N–H and O–H groups in total. The van der Waals surface area contributed by atoms with Crippen molar-refractivity contribution >= 4 is 5.91 Å². The van der Waals surface area contributed by atoms with Crippen molar-refractivity contribution in [3.63, 3.8) is 0 Å². The number of phenols is 2. The summed E-state index contributed by atoms with van der Waals surface area (Å²) in [6.07, 6.45) is 0. The molecule has 0 bridgehead atoms. The molecule has 142 valence electrons. The molecule has 5 nitrogen and oxygen atoms in total. The Morgan fingerprint density at radius 3 is 2.54 bits per heavy atom. The van der Waals surface area contributed by atoms with Crippen molar-refractivity contribution in [2.45, 2.75) is 13.5 Å². The molecule has 5 heteroatoms. The van der Waals surface area contributed by atoms with Crippen LogP contribution in [0.25, 0.3) is 11.1 Å². The summed E-state index contributed by atoms with van der Waals surface area (Å²) in [5.74, 6) is 0.155. The Balaban J connectivity index is 1.72. The minimum atomic E-state index is -0.268. The van der Waals surface area contributed by atoms with E-state index in [1.165, 1.54) is 6.07 Å². The molecule has 1 aliphatic heterocycles. The number of aryl methyl sites for hydroxylation is 1. The van der Waals surface area contributed by atoms with Gasteiger partial charge < -0.3 is 19.8 Å². The second-order valence-corrected chi connectivity index (χ2v) is 6.89. The average molecular weight is 375 g/mol. The first-order valence-corrected chi connectivity index (χ1v) is 9.16. The Bertz CT molecular complexity index is 1040. The van der Waals surface area contributed by atoms with Crippen LogP contribution in [0.15, 0.2) is 60.7 Å². The summed E-state index contributed by atoms with van der Waals surface area (Å²) in [6.45, 7) is 2.93. The fourth-order valence-corrected chi connectivity index (χ4v) is 3.55. The lowest BCUT2D eigenvalue weighted by atomic mass is 9.97. The van der Waals surface area contributed by atoms with Crippen LogP contribution in [0, 0.1) is 6.92 Å². The van der Waals surface area contributed by atoms with Crippen LogP contribution >= 0.6 is 0 Å². The van der Waals surface area contributed by atoms with E-state index in [-0.39, 0.29) is 36.1 Å². The first-order valence-electron chi connectivity index (χ1n) is 9.16. The van der Waals surface area contributed by atoms with Gasteiger partial charge in [-0.1, -0.05) is 36.4 Å². The molecule has 1 aliphatic rings. The zero-order valence-corrected chi connectivity index (χ0v) is 15.6. The maximum absolute atomic E-state index is 12.9. The molecule has 3 aromatic rings. The van der Waals surface area contributed by atoms with Gasteiger partial charge in [-0.2, -0.15) is 0 Å². The number of benzene rings is 3. The zero-order chi connectivity index (χ0) is 19.7. The molecule has 28 heavy (non-hydrogen) atoms. The molecular formula is C23H21NO4. The van der Waals surface area contributed by atoms with Gasteiger partial charge >= 0.3 is 0 Å². The summed E-state index contributed by atoms with van der Waals surface area (Å²) in [7, 11) is 0. The van der Waals surface area contributed by atoms with Crippen molar-refractivity contribution in [3.8, 4) is 28.4 Å². The molecule has 1 heterocycles. The predicted molar refractivity (Wildman–Crippen MR) is 107 cm³/mol. The fraction of sp³-hybridized carbons (Fsp3) is 0.174. The van der Waals surface area contributed by atoms with E-state index in [0.717, 1.165) is 22.3 Å². The van der Waals surface area contributed by atoms with Crippen molar-refractivity contribution in [1.29, 1.82) is 0 Å². The minimum Gasteiger partial charge on any atom is -0.507 e. The lowest BCUT2D eigenvalue weighted by Crippen LogP contribution is -2.32. The summed E-state index contributed by atoms with van der Waals surface area (Å²) in [6, 6.07) is 18.1. The van der Waals surface area contributed by atoms with Crippen LogP contribution in [-0.2, 0) is 6.54 Å². The van der Waals surface area contributed by atoms with Crippen LogP contribution in [0.4, 0.5) is 0 Å². The zero-order valence-electron chi connectivity index (χ0n) is 15.6. The number of carbonyl (C=O) groups excluding carboxylic acids is 1. The van der Waals surface area contributed by atoms with E-state index in [2.05, 4.69) is 0 Å². The smallest absolute Gasteiger partial charge is 0.258 e. The van der Waals surface area contributed by atoms with Crippen LogP contribution < -0.4 is 4.74 Å². The SMILES string of the molecule is Cc1ccccc1-c1cc(O)c2c(c1)CN(C(=O)c1ccccc1O)CCO2. The highest BCUT2D eigenvalue weighted by molar-refractivity contribution is 5.96. The predicted octanol–water partition coefficient (Wildman–Crippen LogP) is 4.11. The number of phenolic OH excluding ortho intramolecular Hbond substituents is 2. The van der Waals surface area contributed by atoms with Gasteiger partial charge in [-0.05, 0) is 47.9 Å². The highest BCUT2D eigenvalue weighted by atomic mass is 16.5. The number of aromatic hydroxyl groups is 2. The van der Waals surface area contributed by atoms with Crippen molar-refractivity contribution in [2.24, 2.45) is 0 Å². The van der Waals surface area contributed by atoms with Gasteiger partial charge in [0.15, 0.2) is 11.5 Å². The molecule has 3 aromatic carbocycles. The monoisotopic (exact) mass is 375 g/mol. The van der Waals surface area contributed by atoms with Gasteiger partial charge in [-0.3, -0.25) is 4.79 Å². The number of rotatable bonds is 2. The number of hydrogen-bond acceptors (Lipinski definition) is 4. The van der Waals surface area contributed by atoms with Gasteiger partial charge in [0.25, 0.3) is 5.91 Å². The minimum absolute atomic E-state index is 0.0469. The Hall–Kier alpha value is -3.47. The quantitative estimate of drug-likeness (QED) is 0.707. The first kappa shape index (κ1) is 17.9. The molecule has 0 aromatic heterocycles. The summed E-state index contributed by atoms with van der Waals surface area (Å²) >= 11 is 0. The normalized spacial score (nSPS) is 13.4. The van der Waals surface area contributed by atoms with E-state index in [4.69, 9.17) is 4.74 Å². The number of amides is 1. The molecule has 0 radical (unpaired) electrons. The van der Waals surface area contributed by atoms with E-state index < -0.39 is 0 Å². The van der Waals surface area contributed by atoms with E-state index in [0.29, 0.717) is 12.3 Å². The fourth-order valence-electron chi connectivity index (χ4n) is 3.55. The van der Waals surface area contributed by atoms with Gasteiger partial charge in [0.1, 0.15) is 12.4 Å². The molecule has 4 rings (SSSR count). The van der Waals surface area contributed by atoms with Crippen LogP contribution in [0.3, 0.4) is 0 Å². The summed E-state index contributed by atoms with van der Waals surface area (Å²) < 4.78 is 5.74. The largest absolute Gasteiger partial charge is 0.507 e. The molecule has 0 spiro atoms. The maximum Gasteiger partial charge on any atom is 0.258 e. The number of para-hydroxylation sites is 1. The molecule has 0 atom stereocenters. The summed E-state index contributed by atoms with van der Waals surface area (Å²) in [5, 5.41) is 20.6. The molecule has 0 aliphatic carbocycles. The third-order valence-electron chi connectivity index (χ3n) is 4.99. The van der Waals surface area contributed by atoms with E-state index in [1.807, 2.05) is 37.3 Å². The third-order valence-corrected chi connectivity index (χ3v) is 4.99. The highest BCUT2D eigenvalue weighted by Gasteiger charge is 2.25. The maximum atomic E-state index is 12.9. The van der Waals surface area contributed by atoms with Crippen molar-refractivity contribution in [1.82, 2.24) is 4.90 Å². The van der Waals surface area contributed by atoms with Crippen LogP contribution in [0.1, 0.15) is 21.5 Å². The Morgan fingerprint density at radius 2 is 1.75 bits per heavy atom. The molecular weight excluding hydrogens is 354 g/mol. The van der Waals surface area contributed by atoms with Crippen molar-refractivity contribution in [3.05, 3.63) is 77.4 Å². The lowest BCUT2D eigenvalue weighted by Gasteiger charge is -2.20. The summed E-state index contributed by atoms with van der Waals surface area (Å²) in [4.78, 5) is 14.6. The number of fused-ring (bicyclic) bond motifs is 1. The number of nitrogens with zero attached hydrogens (tertiary/aromatic N) is 1. The molecule has 0 unspecified atom stereocenters. The Labute approximate surface area is 163 Å². The summed E-state index contributed by atoms with van der Waals surface area (Å²) in [5.41, 5.74) is 3.97. The van der Waals surface area contributed by atoms with Crippen molar-refractivity contribution in [2.75, 3.05) is 13.2 Å². The molecule has 0 saturated carbocycles. The first-order chi connectivity index (χ1) is 13.5. The van der Waals surface area contributed by atoms with Crippen LogP contribution in [-0.4, -0.2) is 34.2 Å². The van der Waals surface area contributed by atoms with Crippen LogP contribution in [0.5, 0.6) is 17.2 Å². The number of carbonyl (C=O) groups is 1. The van der Waals surface area contributed by atoms with E-state index in [1.54, 1.807) is 29.2 Å². The molecule has 0 fully saturated rings. The third kappa shape index (κ3) is 3.27. The van der Waals surface area contributed by atoms with Gasteiger partial charge in [-0.25, -0.2) is 0 Å². The second-order valence-electron chi connectivity index (χ2n) is 6.89. The highest BCUT2D eigenvalue weighted by Crippen LogP contribution is 2.38. The average Bonchev–Trinajstić information content (AvgIpc) is 2.91.